The molecule has 28 heavy (non-hydrogen) atoms. The summed E-state index contributed by atoms with van der Waals surface area (Å²) in [5.41, 5.74) is 2.42. The molecule has 2 amide bonds. The number of amides is 2. The van der Waals surface area contributed by atoms with Gasteiger partial charge in [-0.2, -0.15) is 0 Å². The van der Waals surface area contributed by atoms with Gasteiger partial charge >= 0.3 is 0 Å². The molecule has 144 valence electrons. The van der Waals surface area contributed by atoms with Crippen LogP contribution in [0.2, 0.25) is 0 Å². The number of nitrogens with one attached hydrogen (secondary N) is 1. The third kappa shape index (κ3) is 2.93. The SMILES string of the molecule is O=C(CN1CC2(CC2)c2cc([C@H]3C[C@H]3F)ccc2C1=O)Nc1ncc(F)cn1. The average Bonchev–Trinajstić information content (AvgIpc) is 3.59. The monoisotopic (exact) mass is 384 g/mol. The number of carbonyl (C=O) groups is 2. The van der Waals surface area contributed by atoms with Crippen LogP contribution in [0.5, 0.6) is 0 Å². The Balaban J connectivity index is 1.34. The molecule has 1 spiro atoms. The summed E-state index contributed by atoms with van der Waals surface area (Å²) >= 11 is 0. The van der Waals surface area contributed by atoms with Gasteiger partial charge in [0.25, 0.3) is 5.91 Å². The van der Waals surface area contributed by atoms with Crippen molar-refractivity contribution in [3.8, 4) is 0 Å². The predicted molar refractivity (Wildman–Crippen MR) is 96.1 cm³/mol. The van der Waals surface area contributed by atoms with E-state index in [0.29, 0.717) is 18.5 Å². The molecule has 0 radical (unpaired) electrons. The molecule has 5 rings (SSSR count). The molecule has 1 aromatic heterocycles. The molecule has 1 N–H and O–H groups in total. The van der Waals surface area contributed by atoms with Crippen molar-refractivity contribution in [2.24, 2.45) is 0 Å². The lowest BCUT2D eigenvalue weighted by molar-refractivity contribution is -0.117. The first kappa shape index (κ1) is 17.2. The van der Waals surface area contributed by atoms with Crippen LogP contribution >= 0.6 is 0 Å². The summed E-state index contributed by atoms with van der Waals surface area (Å²) in [5.74, 6) is -1.29. The first-order valence-electron chi connectivity index (χ1n) is 9.30. The molecule has 0 bridgehead atoms. The maximum Gasteiger partial charge on any atom is 0.254 e. The van der Waals surface area contributed by atoms with Gasteiger partial charge in [-0.05, 0) is 36.5 Å². The van der Waals surface area contributed by atoms with E-state index in [1.807, 2.05) is 12.1 Å². The Hall–Kier alpha value is -2.90. The van der Waals surface area contributed by atoms with Gasteiger partial charge in [0, 0.05) is 23.4 Å². The lowest BCUT2D eigenvalue weighted by Crippen LogP contribution is -2.46. The molecular weight excluding hydrogens is 366 g/mol. The Morgan fingerprint density at radius 3 is 2.64 bits per heavy atom. The zero-order chi connectivity index (χ0) is 19.5. The Kier molecular flexibility index (Phi) is 3.72. The van der Waals surface area contributed by atoms with Gasteiger partial charge in [0.1, 0.15) is 12.7 Å². The maximum absolute atomic E-state index is 13.4. The standard InChI is InChI=1S/C20H18F2N4O2/c21-12-7-23-19(24-8-12)25-17(27)9-26-10-20(3-4-20)15-5-11(14-6-16(14)22)1-2-13(15)18(26)28/h1-2,5,7-8,14,16H,3-4,6,9-10H2,(H,23,24,25,27)/t14-,16-/m1/s1. The number of benzene rings is 1. The minimum Gasteiger partial charge on any atom is -0.328 e. The highest BCUT2D eigenvalue weighted by atomic mass is 19.1. The average molecular weight is 384 g/mol. The predicted octanol–water partition coefficient (Wildman–Crippen LogP) is 2.57. The zero-order valence-electron chi connectivity index (χ0n) is 15.0. The van der Waals surface area contributed by atoms with Crippen molar-refractivity contribution in [1.29, 1.82) is 0 Å². The number of aromatic nitrogens is 2. The normalized spacial score (nSPS) is 24.1. The molecule has 1 aromatic carbocycles. The van der Waals surface area contributed by atoms with Crippen LogP contribution < -0.4 is 5.32 Å². The number of rotatable bonds is 4. The smallest absolute Gasteiger partial charge is 0.254 e. The van der Waals surface area contributed by atoms with E-state index in [9.17, 15) is 18.4 Å². The van der Waals surface area contributed by atoms with E-state index >= 15 is 0 Å². The van der Waals surface area contributed by atoms with Crippen LogP contribution in [0.1, 0.15) is 46.7 Å². The topological polar surface area (TPSA) is 75.2 Å². The maximum atomic E-state index is 13.4. The second kappa shape index (κ2) is 6.05. The summed E-state index contributed by atoms with van der Waals surface area (Å²) in [4.78, 5) is 34.2. The van der Waals surface area contributed by atoms with E-state index in [1.54, 1.807) is 6.07 Å². The number of carbonyl (C=O) groups excluding carboxylic acids is 2. The van der Waals surface area contributed by atoms with Crippen LogP contribution in [0.4, 0.5) is 14.7 Å². The van der Waals surface area contributed by atoms with E-state index in [2.05, 4.69) is 15.3 Å². The van der Waals surface area contributed by atoms with Gasteiger partial charge in [-0.1, -0.05) is 12.1 Å². The Morgan fingerprint density at radius 2 is 2.00 bits per heavy atom. The van der Waals surface area contributed by atoms with E-state index in [0.717, 1.165) is 36.4 Å². The van der Waals surface area contributed by atoms with Crippen molar-refractivity contribution < 1.29 is 18.4 Å². The summed E-state index contributed by atoms with van der Waals surface area (Å²) in [5, 5.41) is 2.48. The van der Waals surface area contributed by atoms with Crippen LogP contribution in [0, 0.1) is 5.82 Å². The highest BCUT2D eigenvalue weighted by Gasteiger charge is 2.52. The first-order chi connectivity index (χ1) is 13.4. The fraction of sp³-hybridized carbons (Fsp3) is 0.400. The van der Waals surface area contributed by atoms with E-state index in [1.165, 1.54) is 4.90 Å². The molecule has 2 fully saturated rings. The summed E-state index contributed by atoms with van der Waals surface area (Å²) < 4.78 is 26.3. The van der Waals surface area contributed by atoms with Gasteiger partial charge in [0.15, 0.2) is 5.82 Å². The summed E-state index contributed by atoms with van der Waals surface area (Å²) in [6.07, 6.45) is 3.59. The Bertz CT molecular complexity index is 975. The number of anilines is 1. The number of halogens is 2. The van der Waals surface area contributed by atoms with Crippen LogP contribution in [0.15, 0.2) is 30.6 Å². The summed E-state index contributed by atoms with van der Waals surface area (Å²) in [7, 11) is 0. The second-order valence-corrected chi connectivity index (χ2v) is 7.88. The van der Waals surface area contributed by atoms with Crippen molar-refractivity contribution >= 4 is 17.8 Å². The van der Waals surface area contributed by atoms with Crippen LogP contribution in [0.3, 0.4) is 0 Å². The van der Waals surface area contributed by atoms with Crippen LogP contribution in [-0.4, -0.2) is 45.9 Å². The van der Waals surface area contributed by atoms with Gasteiger partial charge in [0.05, 0.1) is 12.4 Å². The fourth-order valence-corrected chi connectivity index (χ4v) is 4.04. The Labute approximate surface area is 160 Å². The van der Waals surface area contributed by atoms with Crippen molar-refractivity contribution in [1.82, 2.24) is 14.9 Å². The van der Waals surface area contributed by atoms with Gasteiger partial charge in [0.2, 0.25) is 11.9 Å². The van der Waals surface area contributed by atoms with E-state index in [-0.39, 0.29) is 29.7 Å². The third-order valence-electron chi connectivity index (χ3n) is 5.83. The highest BCUT2D eigenvalue weighted by molar-refractivity contribution is 6.01. The molecule has 2 aromatic rings. The molecule has 0 unspecified atom stereocenters. The van der Waals surface area contributed by atoms with Gasteiger partial charge in [-0.15, -0.1) is 0 Å². The molecule has 3 aliphatic rings. The minimum atomic E-state index is -0.777. The van der Waals surface area contributed by atoms with Gasteiger partial charge in [-0.3, -0.25) is 14.9 Å². The molecule has 2 atom stereocenters. The number of hydrogen-bond donors (Lipinski definition) is 1. The fourth-order valence-electron chi connectivity index (χ4n) is 4.04. The first-order valence-corrected chi connectivity index (χ1v) is 9.30. The molecule has 2 saturated carbocycles. The van der Waals surface area contributed by atoms with Crippen molar-refractivity contribution in [3.05, 3.63) is 53.1 Å². The Morgan fingerprint density at radius 1 is 1.29 bits per heavy atom. The molecule has 1 aliphatic heterocycles. The van der Waals surface area contributed by atoms with Gasteiger partial charge in [-0.25, -0.2) is 18.7 Å². The summed E-state index contributed by atoms with van der Waals surface area (Å²) in [6.45, 7) is 0.335. The number of alkyl halides is 1. The highest BCUT2D eigenvalue weighted by Crippen LogP contribution is 2.54. The quantitative estimate of drug-likeness (QED) is 0.879. The van der Waals surface area contributed by atoms with E-state index < -0.39 is 17.9 Å². The number of hydrogen-bond acceptors (Lipinski definition) is 4. The van der Waals surface area contributed by atoms with Crippen molar-refractivity contribution in [3.63, 3.8) is 0 Å². The minimum absolute atomic E-state index is 0.00718. The van der Waals surface area contributed by atoms with Crippen molar-refractivity contribution in [2.75, 3.05) is 18.4 Å². The lowest BCUT2D eigenvalue weighted by Gasteiger charge is -2.34. The molecular formula is C20H18F2N4O2. The van der Waals surface area contributed by atoms with Gasteiger partial charge < -0.3 is 4.90 Å². The number of fused-ring (bicyclic) bond motifs is 2. The lowest BCUT2D eigenvalue weighted by atomic mass is 9.84. The van der Waals surface area contributed by atoms with E-state index in [4.69, 9.17) is 0 Å². The van der Waals surface area contributed by atoms with Crippen molar-refractivity contribution in [2.45, 2.75) is 36.8 Å². The molecule has 8 heteroatoms. The largest absolute Gasteiger partial charge is 0.328 e. The van der Waals surface area contributed by atoms with Crippen LogP contribution in [0.25, 0.3) is 0 Å². The molecule has 6 nitrogen and oxygen atoms in total. The molecule has 2 heterocycles. The molecule has 2 aliphatic carbocycles. The third-order valence-corrected chi connectivity index (χ3v) is 5.83. The second-order valence-electron chi connectivity index (χ2n) is 7.88. The number of nitrogens with zero attached hydrogens (tertiary/aromatic N) is 3. The van der Waals surface area contributed by atoms with Crippen LogP contribution in [-0.2, 0) is 10.2 Å². The molecule has 0 saturated heterocycles. The summed E-state index contributed by atoms with van der Waals surface area (Å²) in [6, 6.07) is 5.59. The zero-order valence-corrected chi connectivity index (χ0v) is 15.0.